The smallest absolute Gasteiger partial charge is 0.242 e. The van der Waals surface area contributed by atoms with Crippen molar-refractivity contribution in [2.75, 3.05) is 13.1 Å². The van der Waals surface area contributed by atoms with Crippen LogP contribution in [0.2, 0.25) is 0 Å². The van der Waals surface area contributed by atoms with E-state index in [0.717, 1.165) is 0 Å². The van der Waals surface area contributed by atoms with Gasteiger partial charge in [0.15, 0.2) is 0 Å². The van der Waals surface area contributed by atoms with Crippen molar-refractivity contribution in [3.63, 3.8) is 0 Å². The third kappa shape index (κ3) is 3.65. The number of amides is 2. The number of carbonyl (C=O) groups excluding carboxylic acids is 2. The Labute approximate surface area is 121 Å². The number of hydrogen-bond donors (Lipinski definition) is 2. The molecule has 7 heteroatoms. The molecule has 0 fully saturated rings. The number of hydrogen-bond acceptors (Lipinski definition) is 4. The van der Waals surface area contributed by atoms with Gasteiger partial charge in [0.25, 0.3) is 0 Å². The molecule has 21 heavy (non-hydrogen) atoms. The van der Waals surface area contributed by atoms with Crippen LogP contribution in [0.4, 0.5) is 0 Å². The van der Waals surface area contributed by atoms with Crippen molar-refractivity contribution in [2.45, 2.75) is 13.5 Å². The Balaban J connectivity index is 2.10. The number of carbonyl (C=O) groups is 2. The summed E-state index contributed by atoms with van der Waals surface area (Å²) in [6, 6.07) is 6.93. The highest BCUT2D eigenvalue weighted by atomic mass is 16.2. The molecule has 110 valence electrons. The molecule has 1 heterocycles. The lowest BCUT2D eigenvalue weighted by Crippen LogP contribution is -2.38. The number of nitrogens with one attached hydrogen (secondary N) is 2. The second-order valence-electron chi connectivity index (χ2n) is 4.41. The standard InChI is InChI=1S/C14H16N4O3/c1-2-15-13(20)8-16-14(21)9-18-11-6-4-3-5-10(11)12(19)7-17-18/h3-7H,2,8-9H2,1H3,(H,15,20)(H,16,21). The molecule has 2 N–H and O–H groups in total. The van der Waals surface area contributed by atoms with E-state index in [1.165, 1.54) is 10.9 Å². The Kier molecular flexibility index (Phi) is 4.65. The Hall–Kier alpha value is -2.70. The summed E-state index contributed by atoms with van der Waals surface area (Å²) in [6.45, 7) is 2.18. The molecule has 7 nitrogen and oxygen atoms in total. The molecule has 0 atom stereocenters. The monoisotopic (exact) mass is 288 g/mol. The van der Waals surface area contributed by atoms with Gasteiger partial charge in [0.1, 0.15) is 6.54 Å². The van der Waals surface area contributed by atoms with Gasteiger partial charge in [-0.2, -0.15) is 5.10 Å². The molecule has 0 aliphatic rings. The second-order valence-corrected chi connectivity index (χ2v) is 4.41. The van der Waals surface area contributed by atoms with Gasteiger partial charge in [-0.25, -0.2) is 0 Å². The van der Waals surface area contributed by atoms with Gasteiger partial charge in [0.2, 0.25) is 17.2 Å². The normalized spacial score (nSPS) is 10.3. The maximum atomic E-state index is 11.8. The SMILES string of the molecule is CCNC(=O)CNC(=O)Cn1ncc(=O)c2ccccc21. The van der Waals surface area contributed by atoms with E-state index in [1.54, 1.807) is 31.2 Å². The van der Waals surface area contributed by atoms with Crippen LogP contribution in [0.25, 0.3) is 10.9 Å². The first kappa shape index (κ1) is 14.7. The zero-order valence-electron chi connectivity index (χ0n) is 11.6. The fourth-order valence-corrected chi connectivity index (χ4v) is 1.92. The average molecular weight is 288 g/mol. The molecule has 0 radical (unpaired) electrons. The van der Waals surface area contributed by atoms with Crippen LogP contribution < -0.4 is 16.1 Å². The Morgan fingerprint density at radius 2 is 1.95 bits per heavy atom. The summed E-state index contributed by atoms with van der Waals surface area (Å²) in [6.07, 6.45) is 1.18. The van der Waals surface area contributed by atoms with Crippen molar-refractivity contribution in [1.82, 2.24) is 20.4 Å². The van der Waals surface area contributed by atoms with E-state index < -0.39 is 0 Å². The molecule has 2 rings (SSSR count). The van der Waals surface area contributed by atoms with Crippen LogP contribution in [0.5, 0.6) is 0 Å². The van der Waals surface area contributed by atoms with Crippen molar-refractivity contribution in [3.8, 4) is 0 Å². The number of aromatic nitrogens is 2. The van der Waals surface area contributed by atoms with Crippen LogP contribution in [-0.4, -0.2) is 34.7 Å². The van der Waals surface area contributed by atoms with Crippen LogP contribution in [0, 0.1) is 0 Å². The minimum Gasteiger partial charge on any atom is -0.355 e. The highest BCUT2D eigenvalue weighted by Gasteiger charge is 2.09. The number of fused-ring (bicyclic) bond motifs is 1. The zero-order chi connectivity index (χ0) is 15.2. The van der Waals surface area contributed by atoms with Gasteiger partial charge < -0.3 is 10.6 Å². The van der Waals surface area contributed by atoms with E-state index in [2.05, 4.69) is 15.7 Å². The Morgan fingerprint density at radius 3 is 2.71 bits per heavy atom. The highest BCUT2D eigenvalue weighted by molar-refractivity contribution is 5.85. The van der Waals surface area contributed by atoms with Crippen LogP contribution in [0.15, 0.2) is 35.3 Å². The molecule has 0 saturated carbocycles. The largest absolute Gasteiger partial charge is 0.355 e. The van der Waals surface area contributed by atoms with Crippen molar-refractivity contribution in [1.29, 1.82) is 0 Å². The van der Waals surface area contributed by atoms with Gasteiger partial charge in [0.05, 0.1) is 18.3 Å². The van der Waals surface area contributed by atoms with Crippen molar-refractivity contribution in [2.24, 2.45) is 0 Å². The first-order valence-electron chi connectivity index (χ1n) is 6.60. The third-order valence-corrected chi connectivity index (χ3v) is 2.88. The van der Waals surface area contributed by atoms with Crippen molar-refractivity contribution < 1.29 is 9.59 Å². The highest BCUT2D eigenvalue weighted by Crippen LogP contribution is 2.07. The topological polar surface area (TPSA) is 93.1 Å². The van der Waals surface area contributed by atoms with Gasteiger partial charge in [-0.05, 0) is 19.1 Å². The predicted molar refractivity (Wildman–Crippen MR) is 77.7 cm³/mol. The van der Waals surface area contributed by atoms with Crippen LogP contribution in [0.1, 0.15) is 6.92 Å². The second kappa shape index (κ2) is 6.65. The number of para-hydroxylation sites is 1. The fraction of sp³-hybridized carbons (Fsp3) is 0.286. The van der Waals surface area contributed by atoms with E-state index >= 15 is 0 Å². The van der Waals surface area contributed by atoms with Crippen molar-refractivity contribution >= 4 is 22.7 Å². The predicted octanol–water partition coefficient (Wildman–Crippen LogP) is -0.351. The lowest BCUT2D eigenvalue weighted by Gasteiger charge is -2.09. The summed E-state index contributed by atoms with van der Waals surface area (Å²) in [4.78, 5) is 34.8. The number of nitrogens with zero attached hydrogens (tertiary/aromatic N) is 2. The molecule has 0 bridgehead atoms. The van der Waals surface area contributed by atoms with Crippen LogP contribution >= 0.6 is 0 Å². The average Bonchev–Trinajstić information content (AvgIpc) is 2.49. The Morgan fingerprint density at radius 1 is 1.19 bits per heavy atom. The molecule has 1 aromatic heterocycles. The van der Waals surface area contributed by atoms with E-state index in [0.29, 0.717) is 17.4 Å². The lowest BCUT2D eigenvalue weighted by molar-refractivity contribution is -0.126. The molecule has 0 unspecified atom stereocenters. The summed E-state index contributed by atoms with van der Waals surface area (Å²) in [7, 11) is 0. The first-order valence-corrected chi connectivity index (χ1v) is 6.60. The molecule has 0 saturated heterocycles. The number of rotatable bonds is 5. The number of likely N-dealkylation sites (N-methyl/N-ethyl adjacent to an activating group) is 1. The third-order valence-electron chi connectivity index (χ3n) is 2.88. The Bertz CT molecular complexity index is 723. The molecule has 2 amide bonds. The number of benzene rings is 1. The van der Waals surface area contributed by atoms with E-state index in [1.807, 2.05) is 0 Å². The maximum Gasteiger partial charge on any atom is 0.242 e. The van der Waals surface area contributed by atoms with Crippen LogP contribution in [-0.2, 0) is 16.1 Å². The maximum absolute atomic E-state index is 11.8. The molecule has 2 aromatic rings. The van der Waals surface area contributed by atoms with Crippen molar-refractivity contribution in [3.05, 3.63) is 40.7 Å². The molecular formula is C14H16N4O3. The van der Waals surface area contributed by atoms with E-state index in [4.69, 9.17) is 0 Å². The van der Waals surface area contributed by atoms with Gasteiger partial charge in [-0.3, -0.25) is 19.1 Å². The quantitative estimate of drug-likeness (QED) is 0.786. The summed E-state index contributed by atoms with van der Waals surface area (Å²) in [5.41, 5.74) is 0.391. The summed E-state index contributed by atoms with van der Waals surface area (Å²) in [5.74, 6) is -0.592. The van der Waals surface area contributed by atoms with Gasteiger partial charge in [-0.1, -0.05) is 12.1 Å². The summed E-state index contributed by atoms with van der Waals surface area (Å²) >= 11 is 0. The molecular weight excluding hydrogens is 272 g/mol. The molecule has 0 aliphatic carbocycles. The van der Waals surface area contributed by atoms with Gasteiger partial charge in [-0.15, -0.1) is 0 Å². The minimum atomic E-state index is -0.345. The van der Waals surface area contributed by atoms with Gasteiger partial charge in [0, 0.05) is 11.9 Å². The molecule has 0 spiro atoms. The van der Waals surface area contributed by atoms with E-state index in [9.17, 15) is 14.4 Å². The first-order chi connectivity index (χ1) is 10.1. The van der Waals surface area contributed by atoms with Gasteiger partial charge >= 0.3 is 0 Å². The summed E-state index contributed by atoms with van der Waals surface area (Å²) < 4.78 is 1.43. The van der Waals surface area contributed by atoms with Crippen LogP contribution in [0.3, 0.4) is 0 Å². The lowest BCUT2D eigenvalue weighted by atomic mass is 10.2. The minimum absolute atomic E-state index is 0.0554. The zero-order valence-corrected chi connectivity index (χ0v) is 11.6. The van der Waals surface area contributed by atoms with E-state index in [-0.39, 0.29) is 30.3 Å². The summed E-state index contributed by atoms with van der Waals surface area (Å²) in [5, 5.41) is 9.55. The molecule has 0 aliphatic heterocycles. The molecule has 1 aromatic carbocycles. The fourth-order valence-electron chi connectivity index (χ4n) is 1.92.